The van der Waals surface area contributed by atoms with Crippen LogP contribution in [0.3, 0.4) is 0 Å². The molecule has 0 amide bonds. The molecule has 0 aliphatic heterocycles. The number of unbranched alkanes of at least 4 members (excludes halogenated alkanes) is 1. The highest BCUT2D eigenvalue weighted by atomic mass is 15.2. The Labute approximate surface area is 98.5 Å². The van der Waals surface area contributed by atoms with Gasteiger partial charge in [-0.05, 0) is 49.8 Å². The fourth-order valence-corrected chi connectivity index (χ4v) is 1.95. The van der Waals surface area contributed by atoms with E-state index in [1.54, 1.807) is 0 Å². The third kappa shape index (κ3) is 3.19. The molecule has 0 spiro atoms. The summed E-state index contributed by atoms with van der Waals surface area (Å²) in [5.41, 5.74) is 6.88. The summed E-state index contributed by atoms with van der Waals surface area (Å²) in [4.78, 5) is 0. The van der Waals surface area contributed by atoms with E-state index in [1.165, 1.54) is 16.7 Å². The summed E-state index contributed by atoms with van der Waals surface area (Å²) in [7, 11) is 0. The van der Waals surface area contributed by atoms with Crippen LogP contribution in [-0.2, 0) is 0 Å². The molecule has 2 nitrogen and oxygen atoms in total. The molecule has 1 aromatic rings. The molecule has 0 bridgehead atoms. The van der Waals surface area contributed by atoms with Crippen LogP contribution < -0.4 is 11.3 Å². The highest BCUT2D eigenvalue weighted by Gasteiger charge is 2.12. The number of benzene rings is 1. The minimum Gasteiger partial charge on any atom is -0.271 e. The molecule has 0 aromatic heterocycles. The third-order valence-corrected chi connectivity index (χ3v) is 3.12. The molecule has 88 valence electrons. The highest BCUT2D eigenvalue weighted by molar-refractivity contribution is 5.35. The van der Waals surface area contributed by atoms with Crippen molar-refractivity contribution in [2.24, 2.45) is 5.84 Å². The smallest absolute Gasteiger partial charge is 0.0462 e. The van der Waals surface area contributed by atoms with Gasteiger partial charge in [0.1, 0.15) is 0 Å². The lowest BCUT2D eigenvalue weighted by molar-refractivity contribution is 0.498. The molecule has 0 heterocycles. The maximum Gasteiger partial charge on any atom is 0.0462 e. The average molecular weight is 218 g/mol. The second-order valence-electron chi connectivity index (χ2n) is 4.23. The van der Waals surface area contributed by atoms with Crippen LogP contribution in [0.5, 0.6) is 0 Å². The van der Waals surface area contributed by atoms with Crippen molar-refractivity contribution in [3.05, 3.63) is 47.5 Å². The van der Waals surface area contributed by atoms with E-state index in [4.69, 9.17) is 5.84 Å². The van der Waals surface area contributed by atoms with E-state index < -0.39 is 0 Å². The maximum absolute atomic E-state index is 5.63. The van der Waals surface area contributed by atoms with Gasteiger partial charge in [0.05, 0.1) is 0 Å². The van der Waals surface area contributed by atoms with Crippen molar-refractivity contribution in [1.82, 2.24) is 5.43 Å². The van der Waals surface area contributed by atoms with Gasteiger partial charge in [0.15, 0.2) is 0 Å². The summed E-state index contributed by atoms with van der Waals surface area (Å²) in [6.07, 6.45) is 5.16. The van der Waals surface area contributed by atoms with Crippen LogP contribution in [0.4, 0.5) is 0 Å². The van der Waals surface area contributed by atoms with Gasteiger partial charge in [0, 0.05) is 6.04 Å². The van der Waals surface area contributed by atoms with Crippen molar-refractivity contribution in [2.45, 2.75) is 39.2 Å². The van der Waals surface area contributed by atoms with Crippen LogP contribution in [-0.4, -0.2) is 0 Å². The quantitative estimate of drug-likeness (QED) is 0.333. The molecule has 0 aliphatic carbocycles. The van der Waals surface area contributed by atoms with Crippen molar-refractivity contribution in [1.29, 1.82) is 0 Å². The molecule has 0 fully saturated rings. The van der Waals surface area contributed by atoms with Crippen LogP contribution in [0.1, 0.15) is 42.0 Å². The fourth-order valence-electron chi connectivity index (χ4n) is 1.95. The summed E-state index contributed by atoms with van der Waals surface area (Å²) in [6.45, 7) is 8.03. The predicted octanol–water partition coefficient (Wildman–Crippen LogP) is 3.16. The van der Waals surface area contributed by atoms with E-state index in [1.807, 2.05) is 6.08 Å². The monoisotopic (exact) mass is 218 g/mol. The Morgan fingerprint density at radius 3 is 2.81 bits per heavy atom. The van der Waals surface area contributed by atoms with Crippen LogP contribution in [0.25, 0.3) is 0 Å². The molecule has 0 saturated heterocycles. The number of allylic oxidation sites excluding steroid dienone is 1. The predicted molar refractivity (Wildman–Crippen MR) is 70.0 cm³/mol. The van der Waals surface area contributed by atoms with Gasteiger partial charge in [-0.2, -0.15) is 0 Å². The minimum absolute atomic E-state index is 0.250. The van der Waals surface area contributed by atoms with Gasteiger partial charge < -0.3 is 0 Å². The lowest BCUT2D eigenvalue weighted by Gasteiger charge is -2.19. The maximum atomic E-state index is 5.63. The van der Waals surface area contributed by atoms with Gasteiger partial charge in [0.2, 0.25) is 0 Å². The first-order chi connectivity index (χ1) is 7.70. The fraction of sp³-hybridized carbons (Fsp3) is 0.429. The van der Waals surface area contributed by atoms with Crippen LogP contribution in [0.15, 0.2) is 30.9 Å². The second kappa shape index (κ2) is 6.46. The third-order valence-electron chi connectivity index (χ3n) is 3.12. The van der Waals surface area contributed by atoms with Gasteiger partial charge in [-0.25, -0.2) is 0 Å². The van der Waals surface area contributed by atoms with Gasteiger partial charge in [0.25, 0.3) is 0 Å². The number of rotatable bonds is 6. The van der Waals surface area contributed by atoms with E-state index in [0.717, 1.165) is 19.3 Å². The first-order valence-corrected chi connectivity index (χ1v) is 5.83. The van der Waals surface area contributed by atoms with Crippen molar-refractivity contribution < 1.29 is 0 Å². The molecule has 1 unspecified atom stereocenters. The molecule has 0 saturated carbocycles. The Morgan fingerprint density at radius 2 is 2.19 bits per heavy atom. The lowest BCUT2D eigenvalue weighted by Crippen LogP contribution is -2.28. The lowest BCUT2D eigenvalue weighted by atomic mass is 9.94. The summed E-state index contributed by atoms with van der Waals surface area (Å²) in [6, 6.07) is 6.63. The van der Waals surface area contributed by atoms with Gasteiger partial charge in [-0.15, -0.1) is 6.58 Å². The number of hydrazine groups is 1. The van der Waals surface area contributed by atoms with E-state index in [-0.39, 0.29) is 6.04 Å². The molecule has 3 N–H and O–H groups in total. The SMILES string of the molecule is C=CCCCC(NN)c1cccc(C)c1C. The van der Waals surface area contributed by atoms with Crippen LogP contribution in [0.2, 0.25) is 0 Å². The second-order valence-corrected chi connectivity index (χ2v) is 4.23. The van der Waals surface area contributed by atoms with Crippen molar-refractivity contribution >= 4 is 0 Å². The highest BCUT2D eigenvalue weighted by Crippen LogP contribution is 2.23. The molecule has 1 rings (SSSR count). The zero-order valence-electron chi connectivity index (χ0n) is 10.3. The normalized spacial score (nSPS) is 12.4. The van der Waals surface area contributed by atoms with E-state index in [2.05, 4.69) is 44.1 Å². The molecule has 16 heavy (non-hydrogen) atoms. The van der Waals surface area contributed by atoms with Gasteiger partial charge >= 0.3 is 0 Å². The molecule has 0 aliphatic rings. The van der Waals surface area contributed by atoms with Crippen molar-refractivity contribution in [2.75, 3.05) is 0 Å². The first-order valence-electron chi connectivity index (χ1n) is 5.83. The number of aryl methyl sites for hydroxylation is 1. The van der Waals surface area contributed by atoms with Crippen molar-refractivity contribution in [3.63, 3.8) is 0 Å². The summed E-state index contributed by atoms with van der Waals surface area (Å²) < 4.78 is 0. The Bertz CT molecular complexity index is 345. The van der Waals surface area contributed by atoms with Crippen LogP contribution in [0, 0.1) is 13.8 Å². The Morgan fingerprint density at radius 1 is 1.44 bits per heavy atom. The molecule has 0 radical (unpaired) electrons. The summed E-state index contributed by atoms with van der Waals surface area (Å²) in [5, 5.41) is 0. The Balaban J connectivity index is 2.78. The van der Waals surface area contributed by atoms with E-state index in [9.17, 15) is 0 Å². The summed E-state index contributed by atoms with van der Waals surface area (Å²) >= 11 is 0. The molecule has 2 heteroatoms. The first kappa shape index (κ1) is 12.9. The Kier molecular flexibility index (Phi) is 5.23. The molecule has 1 aromatic carbocycles. The Hall–Kier alpha value is -1.12. The standard InChI is InChI=1S/C14H22N2/c1-4-5-6-10-14(16-15)13-9-7-8-11(2)12(13)3/h4,7-9,14,16H,1,5-6,10,15H2,2-3H3. The largest absolute Gasteiger partial charge is 0.271 e. The molecular formula is C14H22N2. The van der Waals surface area contributed by atoms with E-state index >= 15 is 0 Å². The zero-order chi connectivity index (χ0) is 12.0. The molecular weight excluding hydrogens is 196 g/mol. The zero-order valence-corrected chi connectivity index (χ0v) is 10.3. The van der Waals surface area contributed by atoms with Crippen molar-refractivity contribution in [3.8, 4) is 0 Å². The number of nitrogens with one attached hydrogen (secondary N) is 1. The minimum atomic E-state index is 0.250. The number of nitrogens with two attached hydrogens (primary N) is 1. The topological polar surface area (TPSA) is 38.0 Å². The van der Waals surface area contributed by atoms with Gasteiger partial charge in [-0.1, -0.05) is 24.3 Å². The molecule has 1 atom stereocenters. The average Bonchev–Trinajstić information content (AvgIpc) is 2.29. The number of hydrogen-bond donors (Lipinski definition) is 2. The van der Waals surface area contributed by atoms with Gasteiger partial charge in [-0.3, -0.25) is 11.3 Å². The number of hydrogen-bond acceptors (Lipinski definition) is 2. The van der Waals surface area contributed by atoms with Crippen LogP contribution >= 0.6 is 0 Å². The summed E-state index contributed by atoms with van der Waals surface area (Å²) in [5.74, 6) is 5.63. The van der Waals surface area contributed by atoms with E-state index in [0.29, 0.717) is 0 Å².